The number of hydrogen-bond acceptors (Lipinski definition) is 3. The summed E-state index contributed by atoms with van der Waals surface area (Å²) < 4.78 is 0. The van der Waals surface area contributed by atoms with Gasteiger partial charge in [-0.05, 0) is 36.8 Å². The van der Waals surface area contributed by atoms with Crippen molar-refractivity contribution >= 4 is 11.7 Å². The summed E-state index contributed by atoms with van der Waals surface area (Å²) in [5.41, 5.74) is 6.40. The highest BCUT2D eigenvalue weighted by Gasteiger charge is 2.26. The largest absolute Gasteiger partial charge is 0.384 e. The fourth-order valence-corrected chi connectivity index (χ4v) is 2.36. The maximum Gasteiger partial charge on any atom is 0.272 e. The third-order valence-electron chi connectivity index (χ3n) is 3.62. The summed E-state index contributed by atoms with van der Waals surface area (Å²) in [6.07, 6.45) is 3.27. The van der Waals surface area contributed by atoms with Crippen molar-refractivity contribution in [3.05, 3.63) is 23.9 Å². The summed E-state index contributed by atoms with van der Waals surface area (Å²) in [6.45, 7) is 6.15. The van der Waals surface area contributed by atoms with Gasteiger partial charge in [0.15, 0.2) is 0 Å². The highest BCUT2D eigenvalue weighted by atomic mass is 16.2. The molecular formula is C14H21N3O. The van der Waals surface area contributed by atoms with Gasteiger partial charge in [0.25, 0.3) is 5.91 Å². The van der Waals surface area contributed by atoms with Gasteiger partial charge in [-0.25, -0.2) is 4.98 Å². The Morgan fingerprint density at radius 1 is 1.33 bits per heavy atom. The Morgan fingerprint density at radius 3 is 2.83 bits per heavy atom. The Morgan fingerprint density at radius 2 is 2.11 bits per heavy atom. The van der Waals surface area contributed by atoms with Crippen LogP contribution >= 0.6 is 0 Å². The van der Waals surface area contributed by atoms with Gasteiger partial charge < -0.3 is 10.6 Å². The molecule has 0 radical (unpaired) electrons. The number of rotatable bonds is 1. The van der Waals surface area contributed by atoms with Gasteiger partial charge >= 0.3 is 0 Å². The molecule has 0 spiro atoms. The average molecular weight is 247 g/mol. The second-order valence-electron chi connectivity index (χ2n) is 5.76. The maximum atomic E-state index is 12.3. The van der Waals surface area contributed by atoms with Gasteiger partial charge in [-0.1, -0.05) is 19.9 Å². The fraction of sp³-hybridized carbons (Fsp3) is 0.571. The van der Waals surface area contributed by atoms with Crippen molar-refractivity contribution in [2.24, 2.45) is 5.41 Å². The van der Waals surface area contributed by atoms with Crippen molar-refractivity contribution in [1.82, 2.24) is 9.88 Å². The van der Waals surface area contributed by atoms with Crippen LogP contribution in [0.4, 0.5) is 5.82 Å². The van der Waals surface area contributed by atoms with Crippen LogP contribution in [0.2, 0.25) is 0 Å². The predicted molar refractivity (Wildman–Crippen MR) is 72.2 cm³/mol. The molecule has 1 amide bonds. The van der Waals surface area contributed by atoms with E-state index in [9.17, 15) is 4.79 Å². The van der Waals surface area contributed by atoms with Gasteiger partial charge in [-0.3, -0.25) is 4.79 Å². The Hall–Kier alpha value is -1.58. The zero-order chi connectivity index (χ0) is 13.2. The molecule has 0 saturated carbocycles. The van der Waals surface area contributed by atoms with Crippen molar-refractivity contribution < 1.29 is 4.79 Å². The monoisotopic (exact) mass is 247 g/mol. The number of carbonyl (C=O) groups is 1. The first-order valence-corrected chi connectivity index (χ1v) is 6.50. The van der Waals surface area contributed by atoms with Crippen LogP contribution in [0.1, 0.15) is 43.6 Å². The average Bonchev–Trinajstić information content (AvgIpc) is 2.49. The molecule has 1 aliphatic heterocycles. The molecule has 2 N–H and O–H groups in total. The Labute approximate surface area is 108 Å². The highest BCUT2D eigenvalue weighted by Crippen LogP contribution is 2.30. The van der Waals surface area contributed by atoms with Crippen LogP contribution in [-0.2, 0) is 0 Å². The molecule has 0 aliphatic carbocycles. The summed E-state index contributed by atoms with van der Waals surface area (Å²) in [6, 6.07) is 5.20. The second kappa shape index (κ2) is 4.96. The first-order chi connectivity index (χ1) is 8.48. The molecule has 18 heavy (non-hydrogen) atoms. The second-order valence-corrected chi connectivity index (χ2v) is 5.76. The topological polar surface area (TPSA) is 59.2 Å². The minimum Gasteiger partial charge on any atom is -0.384 e. The van der Waals surface area contributed by atoms with E-state index in [1.54, 1.807) is 18.2 Å². The standard InChI is InChI=1S/C14H21N3O/c1-14(2)7-4-9-17(10-8-14)13(18)11-5-3-6-12(15)16-11/h3,5-6H,4,7-10H2,1-2H3,(H2,15,16). The van der Waals surface area contributed by atoms with E-state index < -0.39 is 0 Å². The van der Waals surface area contributed by atoms with E-state index in [1.807, 2.05) is 4.90 Å². The molecule has 2 heterocycles. The lowest BCUT2D eigenvalue weighted by atomic mass is 9.85. The van der Waals surface area contributed by atoms with E-state index in [0.717, 1.165) is 25.9 Å². The van der Waals surface area contributed by atoms with Crippen LogP contribution in [0.5, 0.6) is 0 Å². The van der Waals surface area contributed by atoms with Gasteiger partial charge in [-0.2, -0.15) is 0 Å². The smallest absolute Gasteiger partial charge is 0.272 e. The predicted octanol–water partition coefficient (Wildman–Crippen LogP) is 2.32. The first kappa shape index (κ1) is 12.9. The van der Waals surface area contributed by atoms with Crippen LogP contribution in [0.25, 0.3) is 0 Å². The number of nitrogens with two attached hydrogens (primary N) is 1. The molecule has 0 bridgehead atoms. The van der Waals surface area contributed by atoms with Gasteiger partial charge in [0.05, 0.1) is 0 Å². The quantitative estimate of drug-likeness (QED) is 0.828. The molecule has 4 nitrogen and oxygen atoms in total. The molecule has 1 aliphatic rings. The van der Waals surface area contributed by atoms with Gasteiger partial charge in [-0.15, -0.1) is 0 Å². The summed E-state index contributed by atoms with van der Waals surface area (Å²) in [7, 11) is 0. The van der Waals surface area contributed by atoms with Crippen LogP contribution < -0.4 is 5.73 Å². The van der Waals surface area contributed by atoms with Crippen molar-refractivity contribution in [2.75, 3.05) is 18.8 Å². The van der Waals surface area contributed by atoms with Crippen molar-refractivity contribution in [1.29, 1.82) is 0 Å². The molecule has 1 aromatic rings. The molecule has 4 heteroatoms. The van der Waals surface area contributed by atoms with Crippen LogP contribution in [-0.4, -0.2) is 28.9 Å². The van der Waals surface area contributed by atoms with Crippen LogP contribution in [0.15, 0.2) is 18.2 Å². The van der Waals surface area contributed by atoms with E-state index >= 15 is 0 Å². The molecular weight excluding hydrogens is 226 g/mol. The molecule has 1 saturated heterocycles. The lowest BCUT2D eigenvalue weighted by molar-refractivity contribution is 0.0751. The first-order valence-electron chi connectivity index (χ1n) is 6.50. The van der Waals surface area contributed by atoms with Crippen LogP contribution in [0, 0.1) is 5.41 Å². The lowest BCUT2D eigenvalue weighted by Gasteiger charge is -2.23. The molecule has 0 aromatic carbocycles. The number of likely N-dealkylation sites (tertiary alicyclic amines) is 1. The summed E-state index contributed by atoms with van der Waals surface area (Å²) >= 11 is 0. The molecule has 0 atom stereocenters. The zero-order valence-corrected chi connectivity index (χ0v) is 11.1. The highest BCUT2D eigenvalue weighted by molar-refractivity contribution is 5.92. The molecule has 1 fully saturated rings. The minimum atomic E-state index is 0.000000000000000444. The zero-order valence-electron chi connectivity index (χ0n) is 11.1. The normalized spacial score (nSPS) is 19.3. The van der Waals surface area contributed by atoms with E-state index in [1.165, 1.54) is 6.42 Å². The van der Waals surface area contributed by atoms with Crippen molar-refractivity contribution in [3.8, 4) is 0 Å². The van der Waals surface area contributed by atoms with E-state index in [0.29, 0.717) is 16.9 Å². The third kappa shape index (κ3) is 3.00. The number of anilines is 1. The number of nitrogen functional groups attached to an aromatic ring is 1. The van der Waals surface area contributed by atoms with E-state index in [2.05, 4.69) is 18.8 Å². The number of nitrogens with zero attached hydrogens (tertiary/aromatic N) is 2. The van der Waals surface area contributed by atoms with Crippen molar-refractivity contribution in [3.63, 3.8) is 0 Å². The maximum absolute atomic E-state index is 12.3. The minimum absolute atomic E-state index is 0.000000000000000444. The number of hydrogen-bond donors (Lipinski definition) is 1. The number of pyridine rings is 1. The Balaban J connectivity index is 2.10. The molecule has 2 rings (SSSR count). The third-order valence-corrected chi connectivity index (χ3v) is 3.62. The Bertz CT molecular complexity index is 442. The van der Waals surface area contributed by atoms with Gasteiger partial charge in [0.1, 0.15) is 11.5 Å². The molecule has 98 valence electrons. The van der Waals surface area contributed by atoms with E-state index in [-0.39, 0.29) is 5.91 Å². The summed E-state index contributed by atoms with van der Waals surface area (Å²) in [5.74, 6) is 0.399. The lowest BCUT2D eigenvalue weighted by Crippen LogP contribution is -2.33. The van der Waals surface area contributed by atoms with Crippen molar-refractivity contribution in [2.45, 2.75) is 33.1 Å². The fourth-order valence-electron chi connectivity index (χ4n) is 2.36. The number of carbonyl (C=O) groups excluding carboxylic acids is 1. The summed E-state index contributed by atoms with van der Waals surface area (Å²) in [5, 5.41) is 0. The van der Waals surface area contributed by atoms with Gasteiger partial charge in [0, 0.05) is 13.1 Å². The van der Waals surface area contributed by atoms with E-state index in [4.69, 9.17) is 5.73 Å². The molecule has 0 unspecified atom stereocenters. The number of amides is 1. The van der Waals surface area contributed by atoms with Crippen LogP contribution in [0.3, 0.4) is 0 Å². The van der Waals surface area contributed by atoms with Gasteiger partial charge in [0.2, 0.25) is 0 Å². The Kier molecular flexibility index (Phi) is 3.55. The molecule has 1 aromatic heterocycles. The number of aromatic nitrogens is 1. The SMILES string of the molecule is CC1(C)CCCN(C(=O)c2cccc(N)n2)CC1. The summed E-state index contributed by atoms with van der Waals surface area (Å²) in [4.78, 5) is 18.3.